The number of carbonyl (C=O) groups is 1. The number of hydrogen-bond donors (Lipinski definition) is 2. The predicted octanol–water partition coefficient (Wildman–Crippen LogP) is 1.80. The van der Waals surface area contributed by atoms with Gasteiger partial charge in [-0.15, -0.1) is 0 Å². The number of anilines is 1. The fourth-order valence-corrected chi connectivity index (χ4v) is 3.22. The second kappa shape index (κ2) is 3.20. The maximum Gasteiger partial charge on any atom is 0.339 e. The van der Waals surface area contributed by atoms with Crippen LogP contribution in [0.5, 0.6) is 0 Å². The van der Waals surface area contributed by atoms with Gasteiger partial charge >= 0.3 is 5.97 Å². The van der Waals surface area contributed by atoms with E-state index in [0.29, 0.717) is 11.8 Å². The monoisotopic (exact) mass is 218 g/mol. The Morgan fingerprint density at radius 1 is 1.50 bits per heavy atom. The van der Waals surface area contributed by atoms with Crippen molar-refractivity contribution in [3.05, 3.63) is 22.9 Å². The highest BCUT2D eigenvalue weighted by Gasteiger charge is 2.35. The van der Waals surface area contributed by atoms with Gasteiger partial charge in [0, 0.05) is 6.20 Å². The van der Waals surface area contributed by atoms with Gasteiger partial charge in [0.2, 0.25) is 0 Å². The molecule has 2 bridgehead atoms. The minimum absolute atomic E-state index is 0.160. The quantitative estimate of drug-likeness (QED) is 0.753. The average molecular weight is 218 g/mol. The maximum atomic E-state index is 11.2. The van der Waals surface area contributed by atoms with Crippen LogP contribution in [0.25, 0.3) is 0 Å². The number of carboxylic acid groups (broad SMARTS) is 1. The molecule has 1 aromatic rings. The number of nitrogen functional groups attached to an aromatic ring is 1. The van der Waals surface area contributed by atoms with Crippen LogP contribution in [-0.2, 0) is 6.42 Å². The number of aromatic carboxylic acids is 1. The van der Waals surface area contributed by atoms with Gasteiger partial charge in [0.15, 0.2) is 0 Å². The van der Waals surface area contributed by atoms with E-state index in [0.717, 1.165) is 17.5 Å². The first-order chi connectivity index (χ1) is 7.66. The number of fused-ring (bicyclic) bond motifs is 4. The molecule has 2 aliphatic rings. The number of nitrogens with two attached hydrogens (primary N) is 1. The highest BCUT2D eigenvalue weighted by molar-refractivity contribution is 5.94. The van der Waals surface area contributed by atoms with Crippen molar-refractivity contribution in [2.45, 2.75) is 31.6 Å². The summed E-state index contributed by atoms with van der Waals surface area (Å²) in [6.07, 6.45) is 6.21. The van der Waals surface area contributed by atoms with Crippen LogP contribution in [0.4, 0.5) is 5.82 Å². The molecule has 0 saturated heterocycles. The van der Waals surface area contributed by atoms with Crippen molar-refractivity contribution >= 4 is 11.8 Å². The van der Waals surface area contributed by atoms with E-state index in [1.807, 2.05) is 0 Å². The lowest BCUT2D eigenvalue weighted by Crippen LogP contribution is -2.18. The number of carboxylic acids is 1. The molecule has 0 aliphatic heterocycles. The predicted molar refractivity (Wildman–Crippen MR) is 59.4 cm³/mol. The number of hydrogen-bond acceptors (Lipinski definition) is 3. The molecule has 16 heavy (non-hydrogen) atoms. The van der Waals surface area contributed by atoms with E-state index in [-0.39, 0.29) is 11.4 Å². The highest BCUT2D eigenvalue weighted by atomic mass is 16.4. The molecule has 3 rings (SSSR count). The lowest BCUT2D eigenvalue weighted by atomic mass is 9.82. The molecule has 1 fully saturated rings. The van der Waals surface area contributed by atoms with Gasteiger partial charge in [-0.25, -0.2) is 9.78 Å². The Kier molecular flexibility index (Phi) is 1.93. The second-order valence-corrected chi connectivity index (χ2v) is 4.84. The summed E-state index contributed by atoms with van der Waals surface area (Å²) in [4.78, 5) is 15.2. The molecule has 1 heterocycles. The van der Waals surface area contributed by atoms with Gasteiger partial charge in [0.1, 0.15) is 11.4 Å². The Hall–Kier alpha value is -1.58. The van der Waals surface area contributed by atoms with E-state index >= 15 is 0 Å². The molecule has 0 spiro atoms. The summed E-state index contributed by atoms with van der Waals surface area (Å²) in [7, 11) is 0. The zero-order valence-electron chi connectivity index (χ0n) is 8.94. The van der Waals surface area contributed by atoms with E-state index in [1.165, 1.54) is 19.3 Å². The lowest BCUT2D eigenvalue weighted by molar-refractivity contribution is 0.0696. The zero-order chi connectivity index (χ0) is 11.3. The van der Waals surface area contributed by atoms with Crippen molar-refractivity contribution in [3.63, 3.8) is 0 Å². The molecule has 3 N–H and O–H groups in total. The molecule has 4 nitrogen and oxygen atoms in total. The zero-order valence-corrected chi connectivity index (χ0v) is 8.94. The molecule has 1 aromatic heterocycles. The van der Waals surface area contributed by atoms with Crippen LogP contribution in [0.3, 0.4) is 0 Å². The third-order valence-corrected chi connectivity index (χ3v) is 3.94. The van der Waals surface area contributed by atoms with Crippen molar-refractivity contribution in [1.82, 2.24) is 4.98 Å². The number of rotatable bonds is 1. The Bertz CT molecular complexity index is 470. The van der Waals surface area contributed by atoms with Crippen LogP contribution in [0.2, 0.25) is 0 Å². The molecular formula is C12H14N2O2. The SMILES string of the molecule is Nc1ncc2c(c1C(=O)O)CC1CCC2C1. The van der Waals surface area contributed by atoms with Gasteiger partial charge in [-0.2, -0.15) is 0 Å². The van der Waals surface area contributed by atoms with Gasteiger partial charge in [-0.05, 0) is 48.6 Å². The molecular weight excluding hydrogens is 204 g/mol. The van der Waals surface area contributed by atoms with E-state index in [1.54, 1.807) is 6.20 Å². The molecule has 2 unspecified atom stereocenters. The van der Waals surface area contributed by atoms with Crippen molar-refractivity contribution < 1.29 is 9.90 Å². The summed E-state index contributed by atoms with van der Waals surface area (Å²) in [5.74, 6) is 0.382. The summed E-state index contributed by atoms with van der Waals surface area (Å²) in [6, 6.07) is 0. The highest BCUT2D eigenvalue weighted by Crippen LogP contribution is 2.47. The topological polar surface area (TPSA) is 76.2 Å². The molecule has 1 saturated carbocycles. The minimum atomic E-state index is -0.942. The van der Waals surface area contributed by atoms with Crippen LogP contribution in [0.1, 0.15) is 46.7 Å². The van der Waals surface area contributed by atoms with Gasteiger partial charge in [0.05, 0.1) is 0 Å². The maximum absolute atomic E-state index is 11.2. The van der Waals surface area contributed by atoms with Crippen LogP contribution in [0.15, 0.2) is 6.20 Å². The van der Waals surface area contributed by atoms with Crippen LogP contribution >= 0.6 is 0 Å². The molecule has 0 radical (unpaired) electrons. The van der Waals surface area contributed by atoms with E-state index in [4.69, 9.17) is 5.73 Å². The fraction of sp³-hybridized carbons (Fsp3) is 0.500. The third-order valence-electron chi connectivity index (χ3n) is 3.94. The van der Waals surface area contributed by atoms with Crippen LogP contribution in [0, 0.1) is 5.92 Å². The van der Waals surface area contributed by atoms with E-state index in [9.17, 15) is 9.90 Å². The molecule has 84 valence electrons. The minimum Gasteiger partial charge on any atom is -0.478 e. The van der Waals surface area contributed by atoms with Crippen molar-refractivity contribution in [2.24, 2.45) is 5.92 Å². The average Bonchev–Trinajstić information content (AvgIpc) is 2.60. The number of aromatic nitrogens is 1. The molecule has 2 aliphatic carbocycles. The Morgan fingerprint density at radius 2 is 2.31 bits per heavy atom. The molecule has 0 aromatic carbocycles. The smallest absolute Gasteiger partial charge is 0.339 e. The van der Waals surface area contributed by atoms with Gasteiger partial charge in [-0.3, -0.25) is 0 Å². The molecule has 0 amide bonds. The van der Waals surface area contributed by atoms with Crippen molar-refractivity contribution in [2.75, 3.05) is 5.73 Å². The van der Waals surface area contributed by atoms with E-state index < -0.39 is 5.97 Å². The normalized spacial score (nSPS) is 26.5. The summed E-state index contributed by atoms with van der Waals surface area (Å²) < 4.78 is 0. The first-order valence-electron chi connectivity index (χ1n) is 5.67. The van der Waals surface area contributed by atoms with Gasteiger partial charge in [0.25, 0.3) is 0 Å². The standard InChI is InChI=1S/C12H14N2O2/c13-11-10(12(15)16)8-4-6-1-2-7(3-6)9(8)5-14-11/h5-7H,1-4H2,(H2,13,14)(H,15,16). The number of nitrogens with zero attached hydrogens (tertiary/aromatic N) is 1. The third kappa shape index (κ3) is 1.22. The first-order valence-corrected chi connectivity index (χ1v) is 5.67. The Balaban J connectivity index is 2.21. The summed E-state index contributed by atoms with van der Waals surface area (Å²) in [5, 5.41) is 9.19. The Morgan fingerprint density at radius 3 is 3.06 bits per heavy atom. The second-order valence-electron chi connectivity index (χ2n) is 4.84. The summed E-state index contributed by atoms with van der Waals surface area (Å²) in [5.41, 5.74) is 7.98. The van der Waals surface area contributed by atoms with Gasteiger partial charge < -0.3 is 10.8 Å². The van der Waals surface area contributed by atoms with Crippen molar-refractivity contribution in [1.29, 1.82) is 0 Å². The van der Waals surface area contributed by atoms with Crippen LogP contribution < -0.4 is 5.73 Å². The summed E-state index contributed by atoms with van der Waals surface area (Å²) in [6.45, 7) is 0. The largest absolute Gasteiger partial charge is 0.478 e. The van der Waals surface area contributed by atoms with Crippen molar-refractivity contribution in [3.8, 4) is 0 Å². The van der Waals surface area contributed by atoms with Crippen LogP contribution in [-0.4, -0.2) is 16.1 Å². The molecule has 4 heteroatoms. The lowest BCUT2D eigenvalue weighted by Gasteiger charge is -2.24. The molecule has 2 atom stereocenters. The number of pyridine rings is 1. The first kappa shape index (κ1) is 9.63. The van der Waals surface area contributed by atoms with E-state index in [2.05, 4.69) is 4.98 Å². The fourth-order valence-electron chi connectivity index (χ4n) is 3.22. The van der Waals surface area contributed by atoms with Gasteiger partial charge in [-0.1, -0.05) is 0 Å². The summed E-state index contributed by atoms with van der Waals surface area (Å²) >= 11 is 0. The Labute approximate surface area is 93.5 Å².